The van der Waals surface area contributed by atoms with Crippen LogP contribution in [0.15, 0.2) is 140 Å². The van der Waals surface area contributed by atoms with Crippen LogP contribution >= 0.6 is 0 Å². The molecule has 1 saturated carbocycles. The average Bonchev–Trinajstić information content (AvgIpc) is 4.02. The summed E-state index contributed by atoms with van der Waals surface area (Å²) in [6.45, 7) is 1.06. The minimum Gasteiger partial charge on any atom is -0.486 e. The van der Waals surface area contributed by atoms with Gasteiger partial charge in [-0.3, -0.25) is 29.6 Å². The van der Waals surface area contributed by atoms with E-state index in [0.29, 0.717) is 42.7 Å². The fourth-order valence-electron chi connectivity index (χ4n) is 7.96. The quantitative estimate of drug-likeness (QED) is 0.113. The molecule has 6 heterocycles. The van der Waals surface area contributed by atoms with Crippen molar-refractivity contribution in [2.45, 2.75) is 38.5 Å². The van der Waals surface area contributed by atoms with Crippen LogP contribution in [0.5, 0.6) is 11.5 Å². The number of H-pyrrole nitrogens is 2. The van der Waals surface area contributed by atoms with Gasteiger partial charge in [-0.25, -0.2) is 4.98 Å². The van der Waals surface area contributed by atoms with E-state index in [2.05, 4.69) is 36.2 Å². The number of nitrogens with one attached hydrogen (secondary N) is 2. The number of hydrogen-bond acceptors (Lipinski definition) is 9. The summed E-state index contributed by atoms with van der Waals surface area (Å²) in [5.74, 6) is 2.42. The molecule has 0 unspecified atom stereocenters. The maximum atomic E-state index is 12.7. The zero-order chi connectivity index (χ0) is 42.3. The number of ketones is 1. The van der Waals surface area contributed by atoms with Gasteiger partial charge in [0.1, 0.15) is 19.0 Å². The minimum atomic E-state index is -0.466. The Kier molecular flexibility index (Phi) is 11.7. The Hall–Kier alpha value is -7.73. The van der Waals surface area contributed by atoms with Crippen molar-refractivity contribution in [3.63, 3.8) is 0 Å². The van der Waals surface area contributed by atoms with Crippen molar-refractivity contribution in [3.8, 4) is 79.3 Å². The lowest BCUT2D eigenvalue weighted by Crippen LogP contribution is -2.15. The number of amides is 1. The van der Waals surface area contributed by atoms with Gasteiger partial charge in [0.2, 0.25) is 5.91 Å². The summed E-state index contributed by atoms with van der Waals surface area (Å²) in [6, 6.07) is 36.2. The second-order valence-corrected chi connectivity index (χ2v) is 15.3. The van der Waals surface area contributed by atoms with E-state index in [4.69, 9.17) is 20.2 Å². The summed E-state index contributed by atoms with van der Waals surface area (Å²) in [6.07, 6.45) is 14.0. The number of hydrogen-bond donors (Lipinski definition) is 3. The van der Waals surface area contributed by atoms with Gasteiger partial charge < -0.3 is 20.2 Å². The molecule has 4 N–H and O–H groups in total. The summed E-state index contributed by atoms with van der Waals surface area (Å²) in [7, 11) is 0. The zero-order valence-corrected chi connectivity index (χ0v) is 34.0. The Morgan fingerprint density at radius 3 is 2.00 bits per heavy atom. The van der Waals surface area contributed by atoms with Crippen LogP contribution in [0.25, 0.3) is 67.8 Å². The highest BCUT2D eigenvalue weighted by atomic mass is 16.6. The number of nitrogens with zero attached hydrogens (tertiary/aromatic N) is 5. The number of aromatic nitrogens is 7. The first-order valence-electron chi connectivity index (χ1n) is 20.8. The number of nitrogens with two attached hydrogens (primary N) is 1. The van der Waals surface area contributed by atoms with Gasteiger partial charge in [0.15, 0.2) is 17.3 Å². The summed E-state index contributed by atoms with van der Waals surface area (Å²) < 4.78 is 11.4. The number of fused-ring (bicyclic) bond motifs is 1. The van der Waals surface area contributed by atoms with E-state index in [1.165, 1.54) is 32.1 Å². The fraction of sp³-hybridized carbons (Fsp3) is 0.180. The number of ether oxygens (including phenoxy) is 2. The van der Waals surface area contributed by atoms with Crippen molar-refractivity contribution in [2.75, 3.05) is 13.2 Å². The summed E-state index contributed by atoms with van der Waals surface area (Å²) in [5.41, 5.74) is 16.2. The van der Waals surface area contributed by atoms with Crippen molar-refractivity contribution in [1.82, 2.24) is 35.1 Å². The molecule has 62 heavy (non-hydrogen) atoms. The van der Waals surface area contributed by atoms with E-state index in [-0.39, 0.29) is 5.78 Å². The first kappa shape index (κ1) is 39.7. The SMILES string of the molecule is NC(=O)c1ccc(-c2nc(-c3ccc4c(c3)OCCO4)c(-c3ccccn3)[nH]2)cc1.O=C(CC1CCCCC1)c1ccc(-c2cc(-c3cn[nH]c3-c3ccccn3)ccn2)cc1. The van der Waals surface area contributed by atoms with Crippen molar-refractivity contribution >= 4 is 11.7 Å². The third-order valence-corrected chi connectivity index (χ3v) is 11.2. The van der Waals surface area contributed by atoms with Gasteiger partial charge in [-0.15, -0.1) is 0 Å². The molecule has 3 aromatic carbocycles. The fourth-order valence-corrected chi connectivity index (χ4v) is 7.96. The van der Waals surface area contributed by atoms with Crippen LogP contribution in [0, 0.1) is 5.92 Å². The van der Waals surface area contributed by atoms with Crippen molar-refractivity contribution < 1.29 is 19.1 Å². The monoisotopic (exact) mass is 820 g/mol. The highest BCUT2D eigenvalue weighted by molar-refractivity contribution is 5.96. The summed E-state index contributed by atoms with van der Waals surface area (Å²) in [5, 5.41) is 7.30. The molecular weight excluding hydrogens is 777 g/mol. The number of rotatable bonds is 10. The molecule has 10 rings (SSSR count). The molecule has 2 aliphatic rings. The first-order valence-corrected chi connectivity index (χ1v) is 20.8. The highest BCUT2D eigenvalue weighted by Gasteiger charge is 2.21. The maximum Gasteiger partial charge on any atom is 0.248 e. The Bertz CT molecular complexity index is 2800. The molecule has 12 heteroatoms. The van der Waals surface area contributed by atoms with E-state index in [0.717, 1.165) is 73.3 Å². The molecule has 0 bridgehead atoms. The molecule has 8 aromatic rings. The van der Waals surface area contributed by atoms with E-state index < -0.39 is 5.91 Å². The van der Waals surface area contributed by atoms with E-state index in [1.807, 2.05) is 109 Å². The Balaban J connectivity index is 0.000000158. The zero-order valence-electron chi connectivity index (χ0n) is 34.0. The third kappa shape index (κ3) is 8.90. The largest absolute Gasteiger partial charge is 0.486 e. The predicted octanol–water partition coefficient (Wildman–Crippen LogP) is 10.0. The average molecular weight is 821 g/mol. The Morgan fingerprint density at radius 1 is 0.629 bits per heavy atom. The lowest BCUT2D eigenvalue weighted by atomic mass is 9.84. The van der Waals surface area contributed by atoms with Crippen molar-refractivity contribution in [3.05, 3.63) is 151 Å². The standard InChI is InChI=1S/C27H26N4O.C23H18N4O3/c32-26(16-19-6-2-1-3-7-19)21-11-9-20(10-12-21)25-17-22(13-15-29-25)23-18-30-31-27(23)24-8-4-5-14-28-24;24-22(28)14-4-6-15(7-5-14)23-26-20(21(27-23)17-3-1-2-10-25-17)16-8-9-18-19(13-16)30-12-11-29-18/h4-5,8-15,17-19H,1-3,6-7,16H2,(H,30,31);1-10,13H,11-12H2,(H2,24,28)(H,26,27). The number of imidazole rings is 1. The van der Waals surface area contributed by atoms with Gasteiger partial charge in [-0.1, -0.05) is 80.6 Å². The van der Waals surface area contributed by atoms with Crippen LogP contribution in [0.3, 0.4) is 0 Å². The second kappa shape index (κ2) is 18.3. The first-order chi connectivity index (χ1) is 30.5. The topological polar surface area (TPSA) is 175 Å². The number of carbonyl (C=O) groups excluding carboxylic acids is 2. The van der Waals surface area contributed by atoms with Gasteiger partial charge in [-0.2, -0.15) is 5.10 Å². The molecule has 1 aliphatic carbocycles. The van der Waals surface area contributed by atoms with E-state index in [1.54, 1.807) is 24.5 Å². The predicted molar refractivity (Wildman–Crippen MR) is 238 cm³/mol. The van der Waals surface area contributed by atoms with Gasteiger partial charge >= 0.3 is 0 Å². The third-order valence-electron chi connectivity index (χ3n) is 11.2. The smallest absolute Gasteiger partial charge is 0.248 e. The molecule has 0 radical (unpaired) electrons. The van der Waals surface area contributed by atoms with Gasteiger partial charge in [0, 0.05) is 58.4 Å². The molecule has 0 atom stereocenters. The van der Waals surface area contributed by atoms with Gasteiger partial charge in [-0.05, 0) is 78.2 Å². The van der Waals surface area contributed by atoms with Gasteiger partial charge in [0.05, 0.1) is 40.4 Å². The molecule has 308 valence electrons. The minimum absolute atomic E-state index is 0.253. The lowest BCUT2D eigenvalue weighted by molar-refractivity contribution is 0.0949. The number of pyridine rings is 3. The summed E-state index contributed by atoms with van der Waals surface area (Å²) in [4.78, 5) is 45.8. The van der Waals surface area contributed by atoms with Crippen molar-refractivity contribution in [2.24, 2.45) is 11.7 Å². The molecule has 1 aliphatic heterocycles. The van der Waals surface area contributed by atoms with Crippen LogP contribution in [-0.2, 0) is 0 Å². The van der Waals surface area contributed by atoms with Crippen molar-refractivity contribution in [1.29, 1.82) is 0 Å². The normalized spacial score (nSPS) is 13.5. The van der Waals surface area contributed by atoms with Crippen LogP contribution in [0.1, 0.15) is 59.2 Å². The molecule has 1 amide bonds. The molecule has 1 fully saturated rings. The number of Topliss-reactive ketones (excluding diaryl/α,β-unsaturated/α-hetero) is 1. The Morgan fingerprint density at radius 2 is 1.29 bits per heavy atom. The van der Waals surface area contributed by atoms with Crippen LogP contribution in [0.2, 0.25) is 0 Å². The van der Waals surface area contributed by atoms with Crippen LogP contribution in [-0.4, -0.2) is 60.0 Å². The second-order valence-electron chi connectivity index (χ2n) is 15.3. The molecule has 0 spiro atoms. The summed E-state index contributed by atoms with van der Waals surface area (Å²) >= 11 is 0. The number of benzene rings is 3. The van der Waals surface area contributed by atoms with Gasteiger partial charge in [0.25, 0.3) is 0 Å². The van der Waals surface area contributed by atoms with Crippen LogP contribution < -0.4 is 15.2 Å². The number of primary amides is 1. The van der Waals surface area contributed by atoms with E-state index in [9.17, 15) is 9.59 Å². The number of aromatic amines is 2. The van der Waals surface area contributed by atoms with E-state index >= 15 is 0 Å². The molecule has 5 aromatic heterocycles. The number of carbonyl (C=O) groups is 2. The molecule has 12 nitrogen and oxygen atoms in total. The van der Waals surface area contributed by atoms with Crippen LogP contribution in [0.4, 0.5) is 0 Å². The highest BCUT2D eigenvalue weighted by Crippen LogP contribution is 2.38. The Labute approximate surface area is 358 Å². The lowest BCUT2D eigenvalue weighted by Gasteiger charge is -2.20. The molecule has 0 saturated heterocycles. The molecular formula is C50H44N8O4. The maximum absolute atomic E-state index is 12.7.